The Kier molecular flexibility index (Phi) is 5.55. The van der Waals surface area contributed by atoms with Crippen molar-refractivity contribution >= 4 is 11.6 Å². The van der Waals surface area contributed by atoms with E-state index in [4.69, 9.17) is 15.9 Å². The topological polar surface area (TPSA) is 59.6 Å². The molecule has 0 spiro atoms. The second-order valence-corrected chi connectivity index (χ2v) is 3.85. The largest absolute Gasteiger partial charge is 0.497 e. The van der Waals surface area contributed by atoms with Gasteiger partial charge in [-0.15, -0.1) is 6.42 Å². The molecular formula is C14H18N2O3. The van der Waals surface area contributed by atoms with Gasteiger partial charge >= 0.3 is 0 Å². The first kappa shape index (κ1) is 14.7. The molecule has 1 amide bonds. The summed E-state index contributed by atoms with van der Waals surface area (Å²) in [5.74, 6) is 3.48. The highest BCUT2D eigenvalue weighted by Gasteiger charge is 2.14. The maximum absolute atomic E-state index is 11.7. The summed E-state index contributed by atoms with van der Waals surface area (Å²) in [5.41, 5.74) is 0.714. The molecule has 1 unspecified atom stereocenters. The van der Waals surface area contributed by atoms with Gasteiger partial charge in [-0.3, -0.25) is 4.79 Å². The average molecular weight is 262 g/mol. The maximum atomic E-state index is 11.7. The van der Waals surface area contributed by atoms with Crippen LogP contribution in [-0.2, 0) is 4.79 Å². The van der Waals surface area contributed by atoms with Gasteiger partial charge < -0.3 is 20.1 Å². The molecule has 1 aromatic carbocycles. The molecular weight excluding hydrogens is 244 g/mol. The first-order valence-corrected chi connectivity index (χ1v) is 5.82. The highest BCUT2D eigenvalue weighted by atomic mass is 16.5. The van der Waals surface area contributed by atoms with Gasteiger partial charge in [0.2, 0.25) is 5.91 Å². The highest BCUT2D eigenvalue weighted by Crippen LogP contribution is 2.29. The van der Waals surface area contributed by atoms with Crippen molar-refractivity contribution in [3.05, 3.63) is 18.2 Å². The molecule has 5 nitrogen and oxygen atoms in total. The smallest absolute Gasteiger partial charge is 0.242 e. The van der Waals surface area contributed by atoms with Crippen LogP contribution in [0.15, 0.2) is 18.2 Å². The number of terminal acetylenes is 1. The van der Waals surface area contributed by atoms with Crippen LogP contribution in [0.3, 0.4) is 0 Å². The van der Waals surface area contributed by atoms with Crippen LogP contribution in [0.2, 0.25) is 0 Å². The number of carbonyl (C=O) groups excluding carboxylic acids is 1. The van der Waals surface area contributed by atoms with Crippen LogP contribution in [0.4, 0.5) is 5.69 Å². The van der Waals surface area contributed by atoms with Crippen LogP contribution in [-0.4, -0.2) is 32.7 Å². The predicted octanol–water partition coefficient (Wildman–Crippen LogP) is 1.25. The molecule has 1 atom stereocenters. The Bertz CT molecular complexity index is 480. The van der Waals surface area contributed by atoms with Crippen molar-refractivity contribution in [2.24, 2.45) is 0 Å². The zero-order valence-electron chi connectivity index (χ0n) is 11.3. The van der Waals surface area contributed by atoms with Gasteiger partial charge in [-0.2, -0.15) is 0 Å². The summed E-state index contributed by atoms with van der Waals surface area (Å²) in [7, 11) is 3.14. The molecule has 0 aliphatic carbocycles. The average Bonchev–Trinajstić information content (AvgIpc) is 2.44. The summed E-state index contributed by atoms with van der Waals surface area (Å²) < 4.78 is 10.4. The first-order chi connectivity index (χ1) is 9.12. The predicted molar refractivity (Wildman–Crippen MR) is 74.5 cm³/mol. The van der Waals surface area contributed by atoms with Crippen molar-refractivity contribution in [2.75, 3.05) is 26.1 Å². The second-order valence-electron chi connectivity index (χ2n) is 3.85. The Labute approximate surface area is 113 Å². The fourth-order valence-corrected chi connectivity index (χ4v) is 1.51. The third kappa shape index (κ3) is 4.11. The minimum Gasteiger partial charge on any atom is -0.497 e. The van der Waals surface area contributed by atoms with E-state index >= 15 is 0 Å². The number of amides is 1. The molecule has 0 saturated heterocycles. The zero-order valence-corrected chi connectivity index (χ0v) is 11.3. The Hall–Kier alpha value is -2.35. The number of benzene rings is 1. The number of carbonyl (C=O) groups is 1. The first-order valence-electron chi connectivity index (χ1n) is 5.82. The van der Waals surface area contributed by atoms with Crippen LogP contribution >= 0.6 is 0 Å². The van der Waals surface area contributed by atoms with Crippen LogP contribution < -0.4 is 20.1 Å². The molecule has 5 heteroatoms. The number of hydrogen-bond acceptors (Lipinski definition) is 4. The summed E-state index contributed by atoms with van der Waals surface area (Å²) in [5, 5.41) is 5.67. The Morgan fingerprint density at radius 3 is 2.74 bits per heavy atom. The molecule has 19 heavy (non-hydrogen) atoms. The molecule has 1 rings (SSSR count). The van der Waals surface area contributed by atoms with Crippen molar-refractivity contribution in [1.82, 2.24) is 5.32 Å². The minimum atomic E-state index is -0.421. The third-order valence-corrected chi connectivity index (χ3v) is 2.54. The minimum absolute atomic E-state index is 0.171. The number of nitrogens with one attached hydrogen (secondary N) is 2. The molecule has 2 N–H and O–H groups in total. The third-order valence-electron chi connectivity index (χ3n) is 2.54. The lowest BCUT2D eigenvalue weighted by atomic mass is 10.2. The molecule has 0 aliphatic heterocycles. The highest BCUT2D eigenvalue weighted by molar-refractivity contribution is 5.85. The van der Waals surface area contributed by atoms with Crippen molar-refractivity contribution in [3.63, 3.8) is 0 Å². The lowest BCUT2D eigenvalue weighted by molar-refractivity contribution is -0.121. The normalized spacial score (nSPS) is 11.1. The number of ether oxygens (including phenoxy) is 2. The number of hydrogen-bond donors (Lipinski definition) is 2. The Morgan fingerprint density at radius 1 is 1.42 bits per heavy atom. The zero-order chi connectivity index (χ0) is 14.3. The summed E-state index contributed by atoms with van der Waals surface area (Å²) in [6, 6.07) is 4.91. The summed E-state index contributed by atoms with van der Waals surface area (Å²) in [6.07, 6.45) is 5.09. The van der Waals surface area contributed by atoms with Crippen LogP contribution in [0.25, 0.3) is 0 Å². The summed E-state index contributed by atoms with van der Waals surface area (Å²) in [4.78, 5) is 11.7. The molecule has 102 valence electrons. The molecule has 1 aromatic rings. The van der Waals surface area contributed by atoms with Crippen molar-refractivity contribution < 1.29 is 14.3 Å². The second kappa shape index (κ2) is 7.17. The quantitative estimate of drug-likeness (QED) is 0.758. The molecule has 0 saturated carbocycles. The van der Waals surface area contributed by atoms with Crippen LogP contribution in [0.1, 0.15) is 6.92 Å². The van der Waals surface area contributed by atoms with Gasteiger partial charge in [0.05, 0.1) is 26.5 Å². The molecule has 0 aliphatic rings. The van der Waals surface area contributed by atoms with Gasteiger partial charge in [0.25, 0.3) is 0 Å². The monoisotopic (exact) mass is 262 g/mol. The summed E-state index contributed by atoms with van der Waals surface area (Å²) >= 11 is 0. The lowest BCUT2D eigenvalue weighted by Crippen LogP contribution is -2.37. The van der Waals surface area contributed by atoms with E-state index in [0.29, 0.717) is 17.2 Å². The van der Waals surface area contributed by atoms with E-state index in [-0.39, 0.29) is 12.5 Å². The Balaban J connectivity index is 2.76. The molecule has 0 heterocycles. The van der Waals surface area contributed by atoms with Gasteiger partial charge in [-0.25, -0.2) is 0 Å². The van der Waals surface area contributed by atoms with E-state index in [1.807, 2.05) is 0 Å². The van der Waals surface area contributed by atoms with E-state index in [1.165, 1.54) is 0 Å². The maximum Gasteiger partial charge on any atom is 0.242 e. The Morgan fingerprint density at radius 2 is 2.16 bits per heavy atom. The van der Waals surface area contributed by atoms with Crippen molar-refractivity contribution in [2.45, 2.75) is 13.0 Å². The van der Waals surface area contributed by atoms with Crippen LogP contribution in [0, 0.1) is 12.3 Å². The SMILES string of the molecule is C#CCNC(=O)C(C)Nc1ccc(OC)cc1OC. The fraction of sp³-hybridized carbons (Fsp3) is 0.357. The van der Waals surface area contributed by atoms with E-state index in [1.54, 1.807) is 39.3 Å². The molecule has 0 bridgehead atoms. The van der Waals surface area contributed by atoms with Crippen LogP contribution in [0.5, 0.6) is 11.5 Å². The fourth-order valence-electron chi connectivity index (χ4n) is 1.51. The molecule has 0 radical (unpaired) electrons. The van der Waals surface area contributed by atoms with Gasteiger partial charge in [0, 0.05) is 6.07 Å². The van der Waals surface area contributed by atoms with E-state index in [9.17, 15) is 4.79 Å². The number of anilines is 1. The number of methoxy groups -OCH3 is 2. The van der Waals surface area contributed by atoms with Gasteiger partial charge in [0.15, 0.2) is 0 Å². The standard InChI is InChI=1S/C14H18N2O3/c1-5-8-15-14(17)10(2)16-12-7-6-11(18-3)9-13(12)19-4/h1,6-7,9-10,16H,8H2,2-4H3,(H,15,17). The number of rotatable bonds is 6. The van der Waals surface area contributed by atoms with Gasteiger partial charge in [-0.1, -0.05) is 5.92 Å². The van der Waals surface area contributed by atoms with Gasteiger partial charge in [-0.05, 0) is 19.1 Å². The van der Waals surface area contributed by atoms with Gasteiger partial charge in [0.1, 0.15) is 17.5 Å². The van der Waals surface area contributed by atoms with E-state index in [0.717, 1.165) is 0 Å². The lowest BCUT2D eigenvalue weighted by Gasteiger charge is -2.17. The van der Waals surface area contributed by atoms with E-state index < -0.39 is 6.04 Å². The van der Waals surface area contributed by atoms with Crippen molar-refractivity contribution in [3.8, 4) is 23.8 Å². The van der Waals surface area contributed by atoms with Crippen molar-refractivity contribution in [1.29, 1.82) is 0 Å². The molecule has 0 fully saturated rings. The molecule has 0 aromatic heterocycles. The summed E-state index contributed by atoms with van der Waals surface area (Å²) in [6.45, 7) is 1.96. The van der Waals surface area contributed by atoms with E-state index in [2.05, 4.69) is 16.6 Å².